The van der Waals surface area contributed by atoms with Gasteiger partial charge in [-0.3, -0.25) is 0 Å². The van der Waals surface area contributed by atoms with Crippen molar-refractivity contribution in [1.82, 2.24) is 0 Å². The van der Waals surface area contributed by atoms with Crippen LogP contribution in [0.25, 0.3) is 0 Å². The van der Waals surface area contributed by atoms with Crippen molar-refractivity contribution in [3.63, 3.8) is 0 Å². The van der Waals surface area contributed by atoms with Crippen LogP contribution in [-0.2, 0) is 18.9 Å². The van der Waals surface area contributed by atoms with Gasteiger partial charge < -0.3 is 18.9 Å². The standard InChI is InChI=1S/C22H50O4S3Si2/c1-7-13-19-30-21(23-9-3,24-10-4)15-17-27-29-28-18-16-22(25-11-5,26-12-6)31-20-14-8-2/h7-20,30-31H2,1-6H3. The van der Waals surface area contributed by atoms with E-state index in [2.05, 4.69) is 41.5 Å². The maximum absolute atomic E-state index is 6.17. The van der Waals surface area contributed by atoms with E-state index in [-0.39, 0.29) is 10.8 Å². The summed E-state index contributed by atoms with van der Waals surface area (Å²) in [4.78, 5) is 0. The van der Waals surface area contributed by atoms with Gasteiger partial charge in [-0.15, -0.1) is 0 Å². The molecular weight excluding hydrogens is 481 g/mol. The van der Waals surface area contributed by atoms with E-state index in [1.165, 1.54) is 37.8 Å². The quantitative estimate of drug-likeness (QED) is 0.0653. The van der Waals surface area contributed by atoms with Crippen LogP contribution in [0, 0.1) is 0 Å². The van der Waals surface area contributed by atoms with Gasteiger partial charge in [-0.05, 0) is 37.5 Å². The van der Waals surface area contributed by atoms with E-state index in [0.717, 1.165) is 50.8 Å². The van der Waals surface area contributed by atoms with Crippen LogP contribution in [0.1, 0.15) is 80.1 Å². The fraction of sp³-hybridized carbons (Fsp3) is 1.00. The van der Waals surface area contributed by atoms with Crippen LogP contribution >= 0.6 is 31.4 Å². The Bertz CT molecular complexity index is 350. The van der Waals surface area contributed by atoms with E-state index >= 15 is 0 Å². The molecule has 0 bridgehead atoms. The Kier molecular flexibility index (Phi) is 22.8. The molecule has 0 N–H and O–H groups in total. The zero-order valence-corrected chi connectivity index (χ0v) is 26.4. The predicted molar refractivity (Wildman–Crippen MR) is 150 cm³/mol. The number of unbranched alkanes of at least 4 members (excludes halogenated alkanes) is 2. The predicted octanol–water partition coefficient (Wildman–Crippen LogP) is 6.02. The lowest BCUT2D eigenvalue weighted by Crippen LogP contribution is -2.43. The summed E-state index contributed by atoms with van der Waals surface area (Å²) in [7, 11) is 4.98. The molecule has 0 rings (SSSR count). The second kappa shape index (κ2) is 21.8. The van der Waals surface area contributed by atoms with E-state index < -0.39 is 19.0 Å². The normalized spacial score (nSPS) is 13.4. The molecule has 0 fully saturated rings. The zero-order valence-electron chi connectivity index (χ0n) is 21.2. The molecule has 0 heterocycles. The maximum atomic E-state index is 6.17. The molecule has 0 saturated heterocycles. The molecule has 188 valence electrons. The smallest absolute Gasteiger partial charge is 0.145 e. The van der Waals surface area contributed by atoms with Crippen molar-refractivity contribution in [2.45, 2.75) is 103 Å². The minimum atomic E-state index is -0.402. The monoisotopic (exact) mass is 530 g/mol. The van der Waals surface area contributed by atoms with Gasteiger partial charge in [0, 0.05) is 50.8 Å². The van der Waals surface area contributed by atoms with Gasteiger partial charge >= 0.3 is 0 Å². The second-order valence-electron chi connectivity index (χ2n) is 7.68. The third kappa shape index (κ3) is 15.8. The highest BCUT2D eigenvalue weighted by Crippen LogP contribution is 2.38. The summed E-state index contributed by atoms with van der Waals surface area (Å²) in [5, 5.41) is 0. The van der Waals surface area contributed by atoms with Crippen LogP contribution < -0.4 is 0 Å². The Morgan fingerprint density at radius 2 is 0.935 bits per heavy atom. The number of hydrogen-bond acceptors (Lipinski definition) is 7. The van der Waals surface area contributed by atoms with Gasteiger partial charge in [0.15, 0.2) is 0 Å². The van der Waals surface area contributed by atoms with Crippen molar-refractivity contribution in [2.24, 2.45) is 0 Å². The van der Waals surface area contributed by atoms with Crippen molar-refractivity contribution in [1.29, 1.82) is 0 Å². The molecular formula is C22H50O4S3Si2. The molecule has 0 aromatic rings. The zero-order chi connectivity index (χ0) is 23.3. The van der Waals surface area contributed by atoms with Crippen molar-refractivity contribution in [2.75, 3.05) is 37.9 Å². The van der Waals surface area contributed by atoms with Crippen LogP contribution in [0.4, 0.5) is 0 Å². The lowest BCUT2D eigenvalue weighted by Gasteiger charge is -2.34. The Morgan fingerprint density at radius 1 is 0.581 bits per heavy atom. The van der Waals surface area contributed by atoms with E-state index in [4.69, 9.17) is 18.9 Å². The average Bonchev–Trinajstić information content (AvgIpc) is 2.74. The first-order valence-electron chi connectivity index (χ1n) is 12.5. The first-order valence-corrected chi connectivity index (χ1v) is 19.8. The molecule has 0 aliphatic heterocycles. The molecule has 0 aliphatic carbocycles. The maximum Gasteiger partial charge on any atom is 0.145 e. The summed E-state index contributed by atoms with van der Waals surface area (Å²) in [5.41, 5.74) is -0.526. The van der Waals surface area contributed by atoms with Gasteiger partial charge in [-0.25, -0.2) is 0 Å². The average molecular weight is 531 g/mol. The van der Waals surface area contributed by atoms with Crippen LogP contribution in [0.5, 0.6) is 0 Å². The van der Waals surface area contributed by atoms with Crippen molar-refractivity contribution in [3.05, 3.63) is 0 Å². The molecule has 0 atom stereocenters. The summed E-state index contributed by atoms with van der Waals surface area (Å²) < 4.78 is 24.7. The Labute approximate surface area is 209 Å². The first kappa shape index (κ1) is 32.3. The molecule has 31 heavy (non-hydrogen) atoms. The molecule has 0 aromatic carbocycles. The number of rotatable bonds is 24. The van der Waals surface area contributed by atoms with Gasteiger partial charge in [0.2, 0.25) is 0 Å². The highest BCUT2D eigenvalue weighted by molar-refractivity contribution is 9.09. The van der Waals surface area contributed by atoms with E-state index in [0.29, 0.717) is 0 Å². The van der Waals surface area contributed by atoms with Crippen LogP contribution in [0.15, 0.2) is 0 Å². The lowest BCUT2D eigenvalue weighted by atomic mass is 10.4. The molecule has 0 unspecified atom stereocenters. The summed E-state index contributed by atoms with van der Waals surface area (Å²) >= 11 is 0. The fourth-order valence-corrected chi connectivity index (χ4v) is 13.0. The SMILES string of the molecule is CCCC[SiH2]C(CCSSSCCC(OCC)(OCC)[SiH2]CCCC)(OCC)OCC. The number of hydrogen-bond donors (Lipinski definition) is 0. The Balaban J connectivity index is 4.41. The largest absolute Gasteiger partial charge is 0.355 e. The third-order valence-electron chi connectivity index (χ3n) is 5.18. The van der Waals surface area contributed by atoms with Gasteiger partial charge in [0.1, 0.15) is 10.8 Å². The third-order valence-corrected chi connectivity index (χ3v) is 14.2. The van der Waals surface area contributed by atoms with Crippen LogP contribution in [0.2, 0.25) is 12.1 Å². The van der Waals surface area contributed by atoms with E-state index in [9.17, 15) is 0 Å². The van der Waals surface area contributed by atoms with E-state index in [1.54, 1.807) is 0 Å². The molecule has 0 spiro atoms. The first-order chi connectivity index (χ1) is 15.1. The van der Waals surface area contributed by atoms with Gasteiger partial charge in [0.05, 0.1) is 19.0 Å². The minimum Gasteiger partial charge on any atom is -0.355 e. The summed E-state index contributed by atoms with van der Waals surface area (Å²) in [6.45, 7) is 15.8. The molecule has 4 nitrogen and oxygen atoms in total. The summed E-state index contributed by atoms with van der Waals surface area (Å²) in [6.07, 6.45) is 7.14. The topological polar surface area (TPSA) is 36.9 Å². The highest BCUT2D eigenvalue weighted by atomic mass is 33.5. The molecule has 0 saturated carbocycles. The Morgan fingerprint density at radius 3 is 1.23 bits per heavy atom. The van der Waals surface area contributed by atoms with Gasteiger partial charge in [0.25, 0.3) is 0 Å². The lowest BCUT2D eigenvalue weighted by molar-refractivity contribution is -0.176. The molecule has 0 aliphatic rings. The van der Waals surface area contributed by atoms with Crippen LogP contribution in [-0.4, -0.2) is 67.8 Å². The van der Waals surface area contributed by atoms with Gasteiger partial charge in [-0.1, -0.05) is 73.2 Å². The van der Waals surface area contributed by atoms with Crippen LogP contribution in [0.3, 0.4) is 0 Å². The highest BCUT2D eigenvalue weighted by Gasteiger charge is 2.31. The summed E-state index contributed by atoms with van der Waals surface area (Å²) in [6, 6.07) is 2.61. The second-order valence-corrected chi connectivity index (χ2v) is 16.7. The fourth-order valence-electron chi connectivity index (χ4n) is 3.75. The molecule has 9 heteroatoms. The molecule has 0 amide bonds. The van der Waals surface area contributed by atoms with Crippen molar-refractivity contribution >= 4 is 50.5 Å². The molecule has 0 aromatic heterocycles. The minimum absolute atomic E-state index is 0.263. The van der Waals surface area contributed by atoms with E-state index in [1.807, 2.05) is 31.4 Å². The van der Waals surface area contributed by atoms with Crippen molar-refractivity contribution in [3.8, 4) is 0 Å². The number of ether oxygens (including phenoxy) is 4. The van der Waals surface area contributed by atoms with Gasteiger partial charge in [-0.2, -0.15) is 0 Å². The Hall–Kier alpha value is 1.32. The summed E-state index contributed by atoms with van der Waals surface area (Å²) in [5.74, 6) is 2.15. The molecule has 0 radical (unpaired) electrons. The van der Waals surface area contributed by atoms with Crippen molar-refractivity contribution < 1.29 is 18.9 Å².